The average molecular weight is 426 g/mol. The van der Waals surface area contributed by atoms with Gasteiger partial charge in [-0.15, -0.1) is 4.91 Å². The first kappa shape index (κ1) is 22.5. The molecule has 9 nitrogen and oxygen atoms in total. The van der Waals surface area contributed by atoms with Crippen LogP contribution in [0.5, 0.6) is 0 Å². The molecule has 0 fully saturated rings. The molecule has 0 spiro atoms. The number of rotatable bonds is 7. The zero-order valence-corrected chi connectivity index (χ0v) is 18.8. The van der Waals surface area contributed by atoms with Crippen molar-refractivity contribution in [1.82, 2.24) is 19.9 Å². The van der Waals surface area contributed by atoms with E-state index in [2.05, 4.69) is 47.8 Å². The van der Waals surface area contributed by atoms with Crippen molar-refractivity contribution < 1.29 is 4.79 Å². The van der Waals surface area contributed by atoms with E-state index in [9.17, 15) is 9.70 Å². The lowest BCUT2D eigenvalue weighted by molar-refractivity contribution is 0.0930. The van der Waals surface area contributed by atoms with E-state index >= 15 is 0 Å². The van der Waals surface area contributed by atoms with Crippen LogP contribution in [0, 0.1) is 10.3 Å². The minimum Gasteiger partial charge on any atom is -0.381 e. The molecule has 31 heavy (non-hydrogen) atoms. The summed E-state index contributed by atoms with van der Waals surface area (Å²) < 4.78 is 1.75. The summed E-state index contributed by atoms with van der Waals surface area (Å²) in [5.41, 5.74) is 3.21. The van der Waals surface area contributed by atoms with E-state index in [-0.39, 0.29) is 17.4 Å². The minimum atomic E-state index is -0.157. The Morgan fingerprint density at radius 1 is 1.35 bits per heavy atom. The van der Waals surface area contributed by atoms with Gasteiger partial charge in [-0.1, -0.05) is 26.8 Å². The van der Waals surface area contributed by atoms with E-state index in [1.165, 1.54) is 5.01 Å². The van der Waals surface area contributed by atoms with Crippen LogP contribution >= 0.6 is 0 Å². The van der Waals surface area contributed by atoms with Gasteiger partial charge in [0.15, 0.2) is 5.82 Å². The highest BCUT2D eigenvalue weighted by atomic mass is 16.3. The van der Waals surface area contributed by atoms with E-state index in [0.717, 1.165) is 42.8 Å². The highest BCUT2D eigenvalue weighted by Gasteiger charge is 2.21. The first-order chi connectivity index (χ1) is 14.7. The lowest BCUT2D eigenvalue weighted by Crippen LogP contribution is -2.35. The number of hydrogen-bond donors (Lipinski definition) is 2. The number of pyridine rings is 1. The number of hydrogen-bond acceptors (Lipinski definition) is 6. The maximum atomic E-state index is 12.3. The number of imidazole rings is 1. The average Bonchev–Trinajstić information content (AvgIpc) is 3.18. The fraction of sp³-hybridized carbons (Fsp3) is 0.500. The molecule has 0 saturated heterocycles. The van der Waals surface area contributed by atoms with Crippen LogP contribution < -0.4 is 15.6 Å². The van der Waals surface area contributed by atoms with Crippen molar-refractivity contribution in [3.05, 3.63) is 47.0 Å². The van der Waals surface area contributed by atoms with Gasteiger partial charge in [0.2, 0.25) is 0 Å². The summed E-state index contributed by atoms with van der Waals surface area (Å²) in [5.74, 6) is 0.346. The molecule has 1 atom stereocenters. The summed E-state index contributed by atoms with van der Waals surface area (Å²) in [6.45, 7) is 7.16. The Morgan fingerprint density at radius 3 is 2.71 bits per heavy atom. The Bertz CT molecular complexity index is 974. The molecule has 0 saturated carbocycles. The van der Waals surface area contributed by atoms with E-state index in [4.69, 9.17) is 4.98 Å². The molecule has 0 aromatic carbocycles. The van der Waals surface area contributed by atoms with Crippen molar-refractivity contribution in [1.29, 1.82) is 0 Å². The zero-order chi connectivity index (χ0) is 22.6. The Kier molecular flexibility index (Phi) is 6.72. The third-order valence-corrected chi connectivity index (χ3v) is 5.13. The van der Waals surface area contributed by atoms with Crippen LogP contribution in [0.4, 0.5) is 11.5 Å². The van der Waals surface area contributed by atoms with Crippen molar-refractivity contribution in [3.8, 4) is 0 Å². The molecule has 1 unspecified atom stereocenters. The van der Waals surface area contributed by atoms with Gasteiger partial charge >= 0.3 is 0 Å². The normalized spacial score (nSPS) is 16.4. The third-order valence-electron chi connectivity index (χ3n) is 5.13. The SMILES string of the molecule is CN(N=O)c1nc(C2=CCC(NC(=O)c3cn(C)cn3)CC2)ccc1NCC(C)(C)C. The molecule has 2 heterocycles. The maximum absolute atomic E-state index is 12.3. The van der Waals surface area contributed by atoms with Crippen molar-refractivity contribution in [2.75, 3.05) is 23.9 Å². The Labute approximate surface area is 182 Å². The predicted molar refractivity (Wildman–Crippen MR) is 123 cm³/mol. The molecule has 9 heteroatoms. The van der Waals surface area contributed by atoms with Crippen LogP contribution in [0.2, 0.25) is 0 Å². The highest BCUT2D eigenvalue weighted by molar-refractivity contribution is 5.92. The first-order valence-electron chi connectivity index (χ1n) is 10.5. The number of aryl methyl sites for hydroxylation is 1. The molecule has 166 valence electrons. The molecule has 1 aliphatic carbocycles. The van der Waals surface area contributed by atoms with E-state index in [1.54, 1.807) is 24.1 Å². The van der Waals surface area contributed by atoms with Gasteiger partial charge in [0.05, 0.1) is 23.0 Å². The Morgan fingerprint density at radius 2 is 2.13 bits per heavy atom. The third kappa shape index (κ3) is 5.90. The lowest BCUT2D eigenvalue weighted by Gasteiger charge is -2.24. The number of carbonyl (C=O) groups excluding carboxylic acids is 1. The Balaban J connectivity index is 1.70. The van der Waals surface area contributed by atoms with Gasteiger partial charge in [-0.05, 0) is 42.4 Å². The summed E-state index contributed by atoms with van der Waals surface area (Å²) in [6.07, 6.45) is 7.74. The van der Waals surface area contributed by atoms with Crippen LogP contribution in [0.1, 0.15) is 56.2 Å². The summed E-state index contributed by atoms with van der Waals surface area (Å²) in [7, 11) is 3.43. The molecule has 1 amide bonds. The van der Waals surface area contributed by atoms with Crippen molar-refractivity contribution >= 4 is 23.0 Å². The number of carbonyl (C=O) groups is 1. The van der Waals surface area contributed by atoms with Gasteiger partial charge < -0.3 is 15.2 Å². The predicted octanol–water partition coefficient (Wildman–Crippen LogP) is 3.76. The van der Waals surface area contributed by atoms with Crippen molar-refractivity contribution in [3.63, 3.8) is 0 Å². The maximum Gasteiger partial charge on any atom is 0.271 e. The second-order valence-electron chi connectivity index (χ2n) is 9.19. The second-order valence-corrected chi connectivity index (χ2v) is 9.19. The van der Waals surface area contributed by atoms with Gasteiger partial charge in [-0.2, -0.15) is 0 Å². The quantitative estimate of drug-likeness (QED) is 0.517. The van der Waals surface area contributed by atoms with Gasteiger partial charge in [-0.25, -0.2) is 15.0 Å². The molecular weight excluding hydrogens is 394 g/mol. The van der Waals surface area contributed by atoms with Crippen LogP contribution in [0.3, 0.4) is 0 Å². The van der Waals surface area contributed by atoms with E-state index < -0.39 is 0 Å². The molecule has 2 N–H and O–H groups in total. The number of nitrogens with zero attached hydrogens (tertiary/aromatic N) is 5. The number of amides is 1. The number of allylic oxidation sites excluding steroid dienone is 1. The monoisotopic (exact) mass is 425 g/mol. The molecule has 0 bridgehead atoms. The molecule has 2 aromatic heterocycles. The first-order valence-corrected chi connectivity index (χ1v) is 10.5. The smallest absolute Gasteiger partial charge is 0.271 e. The van der Waals surface area contributed by atoms with Crippen LogP contribution in [-0.2, 0) is 7.05 Å². The molecule has 0 aliphatic heterocycles. The second kappa shape index (κ2) is 9.28. The largest absolute Gasteiger partial charge is 0.381 e. The number of aromatic nitrogens is 3. The van der Waals surface area contributed by atoms with Crippen molar-refractivity contribution in [2.45, 2.75) is 46.1 Å². The molecule has 0 radical (unpaired) electrons. The topological polar surface area (TPSA) is 105 Å². The standard InChI is InChI=1S/C22H31N7O2/c1-22(2,3)13-23-18-11-10-17(26-20(18)29(5)27-31)15-6-8-16(9-7-15)25-21(30)19-12-28(4)14-24-19/h6,10-12,14,16,23H,7-9,13H2,1-5H3,(H,25,30). The molecule has 2 aromatic rings. The number of nitroso groups, excluding NO2 is 1. The number of nitrogens with one attached hydrogen (secondary N) is 2. The van der Waals surface area contributed by atoms with Gasteiger partial charge in [0.25, 0.3) is 5.91 Å². The van der Waals surface area contributed by atoms with Gasteiger partial charge in [0.1, 0.15) is 5.69 Å². The van der Waals surface area contributed by atoms with Crippen LogP contribution in [0.15, 0.2) is 36.0 Å². The summed E-state index contributed by atoms with van der Waals surface area (Å²) in [6, 6.07) is 3.97. The molecular formula is C22H31N7O2. The summed E-state index contributed by atoms with van der Waals surface area (Å²) in [4.78, 5) is 32.3. The fourth-order valence-electron chi connectivity index (χ4n) is 3.40. The van der Waals surface area contributed by atoms with E-state index in [1.807, 2.05) is 19.2 Å². The minimum absolute atomic E-state index is 0.0600. The fourth-order valence-corrected chi connectivity index (χ4v) is 3.40. The van der Waals surface area contributed by atoms with E-state index in [0.29, 0.717) is 11.5 Å². The zero-order valence-electron chi connectivity index (χ0n) is 18.8. The van der Waals surface area contributed by atoms with Gasteiger partial charge in [-0.3, -0.25) is 4.79 Å². The molecule has 1 aliphatic rings. The Hall–Kier alpha value is -3.23. The van der Waals surface area contributed by atoms with Crippen molar-refractivity contribution in [2.24, 2.45) is 17.7 Å². The highest BCUT2D eigenvalue weighted by Crippen LogP contribution is 2.31. The lowest BCUT2D eigenvalue weighted by atomic mass is 9.92. The summed E-state index contributed by atoms with van der Waals surface area (Å²) in [5, 5.41) is 10.7. The van der Waals surface area contributed by atoms with Crippen LogP contribution in [0.25, 0.3) is 5.57 Å². The molecule has 3 rings (SSSR count). The van der Waals surface area contributed by atoms with Crippen LogP contribution in [-0.4, -0.2) is 40.1 Å². The van der Waals surface area contributed by atoms with Gasteiger partial charge in [0, 0.05) is 32.9 Å². The summed E-state index contributed by atoms with van der Waals surface area (Å²) >= 11 is 0. The number of anilines is 2.